The molecule has 0 aliphatic heterocycles. The van der Waals surface area contributed by atoms with E-state index in [1.807, 2.05) is 0 Å². The van der Waals surface area contributed by atoms with Gasteiger partial charge in [0.25, 0.3) is 9.05 Å². The van der Waals surface area contributed by atoms with Gasteiger partial charge in [-0.05, 0) is 20.3 Å². The minimum absolute atomic E-state index is 0.106. The Balaban J connectivity index is 2.57. The lowest BCUT2D eigenvalue weighted by molar-refractivity contribution is 0.0676. The van der Waals surface area contributed by atoms with Crippen molar-refractivity contribution < 1.29 is 17.9 Å². The first-order valence-corrected chi connectivity index (χ1v) is 8.24. The van der Waals surface area contributed by atoms with Gasteiger partial charge in [0, 0.05) is 30.9 Å². The highest BCUT2D eigenvalue weighted by molar-refractivity contribution is 8.13. The van der Waals surface area contributed by atoms with Crippen molar-refractivity contribution in [2.45, 2.75) is 31.7 Å². The summed E-state index contributed by atoms with van der Waals surface area (Å²) in [6.07, 6.45) is 0.743. The Labute approximate surface area is 118 Å². The molecular formula is C11H19ClN2O4S. The van der Waals surface area contributed by atoms with Crippen LogP contribution in [-0.4, -0.2) is 45.1 Å². The molecule has 0 radical (unpaired) electrons. The minimum Gasteiger partial charge on any atom is -0.382 e. The summed E-state index contributed by atoms with van der Waals surface area (Å²) in [7, 11) is 3.25. The number of rotatable bonds is 8. The third kappa shape index (κ3) is 4.76. The summed E-state index contributed by atoms with van der Waals surface area (Å²) in [5.41, 5.74) is 0.984. The molecule has 0 saturated carbocycles. The van der Waals surface area contributed by atoms with Crippen molar-refractivity contribution in [3.8, 4) is 0 Å². The Morgan fingerprint density at radius 1 is 1.26 bits per heavy atom. The Kier molecular flexibility index (Phi) is 6.25. The molecule has 0 N–H and O–H groups in total. The van der Waals surface area contributed by atoms with Crippen molar-refractivity contribution in [3.05, 3.63) is 11.4 Å². The maximum atomic E-state index is 11.4. The van der Waals surface area contributed by atoms with Crippen molar-refractivity contribution in [1.29, 1.82) is 0 Å². The van der Waals surface area contributed by atoms with E-state index in [1.165, 1.54) is 0 Å². The van der Waals surface area contributed by atoms with Gasteiger partial charge < -0.3 is 9.47 Å². The fourth-order valence-electron chi connectivity index (χ4n) is 1.81. The molecule has 0 saturated heterocycles. The van der Waals surface area contributed by atoms with Crippen LogP contribution in [0.5, 0.6) is 0 Å². The summed E-state index contributed by atoms with van der Waals surface area (Å²) in [6, 6.07) is 0. The lowest BCUT2D eigenvalue weighted by Crippen LogP contribution is -2.08. The molecular weight excluding hydrogens is 292 g/mol. The van der Waals surface area contributed by atoms with Crippen LogP contribution in [-0.2, 0) is 25.1 Å². The van der Waals surface area contributed by atoms with E-state index < -0.39 is 9.05 Å². The van der Waals surface area contributed by atoms with E-state index >= 15 is 0 Å². The minimum atomic E-state index is -3.74. The molecule has 0 spiro atoms. The molecule has 110 valence electrons. The lowest BCUT2D eigenvalue weighted by atomic mass is 10.4. The van der Waals surface area contributed by atoms with Crippen molar-refractivity contribution in [2.75, 3.05) is 26.9 Å². The molecule has 0 atom stereocenters. The number of ether oxygens (including phenoxy) is 2. The zero-order valence-corrected chi connectivity index (χ0v) is 12.9. The summed E-state index contributed by atoms with van der Waals surface area (Å²) >= 11 is 0. The van der Waals surface area contributed by atoms with Gasteiger partial charge in [-0.3, -0.25) is 4.68 Å². The van der Waals surface area contributed by atoms with Crippen LogP contribution in [0.2, 0.25) is 0 Å². The van der Waals surface area contributed by atoms with Crippen molar-refractivity contribution >= 4 is 19.7 Å². The summed E-state index contributed by atoms with van der Waals surface area (Å²) in [4.78, 5) is 0.106. The van der Waals surface area contributed by atoms with Crippen molar-refractivity contribution in [1.82, 2.24) is 9.78 Å². The summed E-state index contributed by atoms with van der Waals surface area (Å²) < 4.78 is 34.7. The number of nitrogens with zero attached hydrogens (tertiary/aromatic N) is 2. The van der Waals surface area contributed by atoms with Crippen LogP contribution in [0.25, 0.3) is 0 Å². The van der Waals surface area contributed by atoms with E-state index in [0.29, 0.717) is 37.8 Å². The van der Waals surface area contributed by atoms with Gasteiger partial charge in [-0.2, -0.15) is 5.10 Å². The second-order valence-electron chi connectivity index (χ2n) is 4.12. The second-order valence-corrected chi connectivity index (χ2v) is 6.62. The van der Waals surface area contributed by atoms with Gasteiger partial charge in [0.15, 0.2) is 0 Å². The average molecular weight is 311 g/mol. The molecule has 1 aromatic heterocycles. The van der Waals surface area contributed by atoms with E-state index in [9.17, 15) is 8.42 Å². The molecule has 0 aromatic carbocycles. The molecule has 1 rings (SSSR count). The predicted molar refractivity (Wildman–Crippen MR) is 72.1 cm³/mol. The number of hydrogen-bond donors (Lipinski definition) is 0. The van der Waals surface area contributed by atoms with Crippen LogP contribution in [0.4, 0.5) is 0 Å². The van der Waals surface area contributed by atoms with Crippen LogP contribution in [0, 0.1) is 13.8 Å². The van der Waals surface area contributed by atoms with Crippen molar-refractivity contribution in [3.63, 3.8) is 0 Å². The predicted octanol–water partition coefficient (Wildman–Crippen LogP) is 1.48. The maximum Gasteiger partial charge on any atom is 0.264 e. The zero-order chi connectivity index (χ0) is 14.5. The van der Waals surface area contributed by atoms with Crippen LogP contribution in [0.15, 0.2) is 4.90 Å². The maximum absolute atomic E-state index is 11.4. The quantitative estimate of drug-likeness (QED) is 0.537. The molecule has 1 aromatic rings. The fourth-order valence-corrected chi connectivity index (χ4v) is 3.33. The lowest BCUT2D eigenvalue weighted by Gasteiger charge is -2.05. The van der Waals surface area contributed by atoms with Gasteiger partial charge in [0.2, 0.25) is 0 Å². The van der Waals surface area contributed by atoms with Gasteiger partial charge in [-0.1, -0.05) is 0 Å². The Morgan fingerprint density at radius 2 is 1.95 bits per heavy atom. The average Bonchev–Trinajstić information content (AvgIpc) is 2.58. The summed E-state index contributed by atoms with van der Waals surface area (Å²) in [5.74, 6) is 0. The van der Waals surface area contributed by atoms with Crippen LogP contribution in [0.1, 0.15) is 17.8 Å². The van der Waals surface area contributed by atoms with Crippen molar-refractivity contribution in [2.24, 2.45) is 0 Å². The summed E-state index contributed by atoms with van der Waals surface area (Å²) in [6.45, 7) is 5.61. The number of halogens is 1. The monoisotopic (exact) mass is 310 g/mol. The normalized spacial score (nSPS) is 12.0. The van der Waals surface area contributed by atoms with E-state index in [-0.39, 0.29) is 4.90 Å². The number of aryl methyl sites for hydroxylation is 2. The van der Waals surface area contributed by atoms with Gasteiger partial charge in [0.05, 0.1) is 24.6 Å². The third-order valence-corrected chi connectivity index (χ3v) is 4.19. The Morgan fingerprint density at radius 3 is 2.47 bits per heavy atom. The highest BCUT2D eigenvalue weighted by Gasteiger charge is 2.22. The van der Waals surface area contributed by atoms with E-state index in [2.05, 4.69) is 5.10 Å². The molecule has 0 amide bonds. The first kappa shape index (κ1) is 16.4. The Hall–Kier alpha value is -0.630. The molecule has 0 aliphatic rings. The number of methoxy groups -OCH3 is 1. The molecule has 19 heavy (non-hydrogen) atoms. The molecule has 0 unspecified atom stereocenters. The van der Waals surface area contributed by atoms with E-state index in [1.54, 1.807) is 25.6 Å². The standard InChI is InChI=1S/C11H19ClN2O4S/c1-9-11(19(12,15)16)10(2)14(13-9)5-4-6-18-8-7-17-3/h4-8H2,1-3H3. The molecule has 1 heterocycles. The van der Waals surface area contributed by atoms with Crippen LogP contribution >= 0.6 is 10.7 Å². The largest absolute Gasteiger partial charge is 0.382 e. The fraction of sp³-hybridized carbons (Fsp3) is 0.727. The van der Waals surface area contributed by atoms with Crippen LogP contribution < -0.4 is 0 Å². The first-order valence-electron chi connectivity index (χ1n) is 5.93. The zero-order valence-electron chi connectivity index (χ0n) is 11.3. The molecule has 0 aliphatic carbocycles. The highest BCUT2D eigenvalue weighted by atomic mass is 35.7. The topological polar surface area (TPSA) is 70.4 Å². The number of aromatic nitrogens is 2. The third-order valence-electron chi connectivity index (χ3n) is 2.65. The van der Waals surface area contributed by atoms with Gasteiger partial charge in [0.1, 0.15) is 4.90 Å². The highest BCUT2D eigenvalue weighted by Crippen LogP contribution is 2.23. The first-order chi connectivity index (χ1) is 8.88. The molecule has 8 heteroatoms. The molecule has 0 fully saturated rings. The van der Waals surface area contributed by atoms with E-state index in [4.69, 9.17) is 20.2 Å². The number of hydrogen-bond acceptors (Lipinski definition) is 5. The summed E-state index contributed by atoms with van der Waals surface area (Å²) in [5, 5.41) is 4.18. The Bertz CT molecular complexity index is 513. The van der Waals surface area contributed by atoms with E-state index in [0.717, 1.165) is 6.42 Å². The van der Waals surface area contributed by atoms with Crippen LogP contribution in [0.3, 0.4) is 0 Å². The van der Waals surface area contributed by atoms with Gasteiger partial charge in [-0.15, -0.1) is 0 Å². The SMILES string of the molecule is COCCOCCCn1nc(C)c(S(=O)(=O)Cl)c1C. The smallest absolute Gasteiger partial charge is 0.264 e. The van der Waals surface area contributed by atoms with Gasteiger partial charge >= 0.3 is 0 Å². The second kappa shape index (κ2) is 7.23. The van der Waals surface area contributed by atoms with Gasteiger partial charge in [-0.25, -0.2) is 8.42 Å². The molecule has 6 nitrogen and oxygen atoms in total. The molecule has 0 bridgehead atoms.